The first-order valence-electron chi connectivity index (χ1n) is 11.4. The Kier molecular flexibility index (Phi) is 7.59. The lowest BCUT2D eigenvalue weighted by atomic mass is 10.0. The van der Waals surface area contributed by atoms with Gasteiger partial charge in [0.2, 0.25) is 5.95 Å². The second-order valence-electron chi connectivity index (χ2n) is 8.48. The lowest BCUT2D eigenvalue weighted by Crippen LogP contribution is -2.22. The van der Waals surface area contributed by atoms with E-state index >= 15 is 0 Å². The van der Waals surface area contributed by atoms with Crippen molar-refractivity contribution in [2.75, 3.05) is 11.9 Å². The smallest absolute Gasteiger partial charge is 0.256 e. The molecule has 0 aliphatic rings. The lowest BCUT2D eigenvalue weighted by molar-refractivity contribution is 0.191. The molecule has 194 valence electrons. The van der Waals surface area contributed by atoms with Gasteiger partial charge in [0.05, 0.1) is 11.8 Å². The van der Waals surface area contributed by atoms with Crippen molar-refractivity contribution in [2.45, 2.75) is 20.5 Å². The van der Waals surface area contributed by atoms with E-state index in [4.69, 9.17) is 0 Å². The van der Waals surface area contributed by atoms with Crippen molar-refractivity contribution in [3.8, 4) is 16.9 Å². The fourth-order valence-corrected chi connectivity index (χ4v) is 4.19. The van der Waals surface area contributed by atoms with E-state index in [0.717, 1.165) is 16.7 Å². The van der Waals surface area contributed by atoms with E-state index in [1.165, 1.54) is 36.4 Å². The first-order valence-corrected chi connectivity index (χ1v) is 11.4. The zero-order valence-corrected chi connectivity index (χ0v) is 19.6. The van der Waals surface area contributed by atoms with Gasteiger partial charge in [-0.3, -0.25) is 9.36 Å². The summed E-state index contributed by atoms with van der Waals surface area (Å²) in [6.45, 7) is 1.72. The molecule has 0 amide bonds. The number of aliphatic hydroxyl groups excluding tert-OH is 1. The molecule has 0 saturated carbocycles. The van der Waals surface area contributed by atoms with E-state index in [1.807, 2.05) is 6.07 Å². The molecule has 0 spiro atoms. The maximum absolute atomic E-state index is 14.8. The summed E-state index contributed by atoms with van der Waals surface area (Å²) in [6, 6.07) is 19.0. The van der Waals surface area contributed by atoms with Gasteiger partial charge in [-0.1, -0.05) is 43.8 Å². The van der Waals surface area contributed by atoms with Crippen LogP contribution in [0.25, 0.3) is 28.0 Å². The van der Waals surface area contributed by atoms with Crippen LogP contribution in [0.5, 0.6) is 0 Å². The Bertz CT molecular complexity index is 1650. The summed E-state index contributed by atoms with van der Waals surface area (Å²) in [5.74, 6) is -2.31. The van der Waals surface area contributed by atoms with Crippen molar-refractivity contribution in [1.82, 2.24) is 14.5 Å². The lowest BCUT2D eigenvalue weighted by Gasteiger charge is -2.17. The third-order valence-corrected chi connectivity index (χ3v) is 5.99. The van der Waals surface area contributed by atoms with Gasteiger partial charge >= 0.3 is 0 Å². The fraction of sp³-hybridized carbons (Fsp3) is 0.138. The van der Waals surface area contributed by atoms with E-state index in [2.05, 4.69) is 15.3 Å². The van der Waals surface area contributed by atoms with Crippen molar-refractivity contribution in [1.29, 1.82) is 0 Å². The molecule has 9 heteroatoms. The highest BCUT2D eigenvalue weighted by Crippen LogP contribution is 2.31. The molecule has 2 aromatic heterocycles. The first kappa shape index (κ1) is 26.6. The highest BCUT2D eigenvalue weighted by Gasteiger charge is 2.20. The van der Waals surface area contributed by atoms with E-state index in [9.17, 15) is 23.1 Å². The number of nitrogens with zero attached hydrogens (tertiary/aromatic N) is 3. The molecule has 0 saturated heterocycles. The highest BCUT2D eigenvalue weighted by atomic mass is 19.1. The average Bonchev–Trinajstić information content (AvgIpc) is 2.88. The summed E-state index contributed by atoms with van der Waals surface area (Å²) < 4.78 is 44.3. The molecule has 0 bridgehead atoms. The summed E-state index contributed by atoms with van der Waals surface area (Å²) in [5, 5.41) is 13.9. The van der Waals surface area contributed by atoms with Gasteiger partial charge in [-0.25, -0.2) is 18.2 Å². The maximum atomic E-state index is 14.8. The zero-order valence-electron chi connectivity index (χ0n) is 19.6. The largest absolute Gasteiger partial charge is 0.387 e. The van der Waals surface area contributed by atoms with Gasteiger partial charge in [0.25, 0.3) is 5.56 Å². The molecular formula is C29H25F3N4O2. The van der Waals surface area contributed by atoms with Crippen LogP contribution in [0.4, 0.5) is 19.1 Å². The number of aromatic nitrogens is 3. The quantitative estimate of drug-likeness (QED) is 0.290. The van der Waals surface area contributed by atoms with Crippen molar-refractivity contribution >= 4 is 17.0 Å². The van der Waals surface area contributed by atoms with Crippen LogP contribution in [0.3, 0.4) is 0 Å². The normalized spacial score (nSPS) is 11.7. The van der Waals surface area contributed by atoms with Crippen LogP contribution in [0, 0.1) is 24.4 Å². The number of aryl methyl sites for hydroxylation is 1. The topological polar surface area (TPSA) is 80.0 Å². The Morgan fingerprint density at radius 3 is 2.32 bits per heavy atom. The molecule has 0 aliphatic carbocycles. The summed E-state index contributed by atoms with van der Waals surface area (Å²) in [5.41, 5.74) is 0.758. The predicted octanol–water partition coefficient (Wildman–Crippen LogP) is 5.96. The molecular weight excluding hydrogens is 493 g/mol. The van der Waals surface area contributed by atoms with Gasteiger partial charge < -0.3 is 10.4 Å². The van der Waals surface area contributed by atoms with Gasteiger partial charge in [0, 0.05) is 23.6 Å². The minimum Gasteiger partial charge on any atom is -0.387 e. The Labute approximate surface area is 217 Å². The van der Waals surface area contributed by atoms with Gasteiger partial charge in [-0.2, -0.15) is 4.98 Å². The number of rotatable bonds is 6. The number of benzene rings is 3. The van der Waals surface area contributed by atoms with E-state index in [0.29, 0.717) is 27.8 Å². The Morgan fingerprint density at radius 2 is 1.63 bits per heavy atom. The number of hydrogen-bond acceptors (Lipinski definition) is 5. The summed E-state index contributed by atoms with van der Waals surface area (Å²) in [7, 11) is 0. The SMILES string of the molecule is C.Cc1cc(F)ccc1-c1nc(NC[C@H](O)c2ccccc2)nc2c1ccc(=O)n2-c1c(F)cccc1F. The summed E-state index contributed by atoms with van der Waals surface area (Å²) in [4.78, 5) is 21.9. The Balaban J connectivity index is 0.00000336. The number of fused-ring (bicyclic) bond motifs is 1. The molecule has 0 radical (unpaired) electrons. The van der Waals surface area contributed by atoms with Gasteiger partial charge in [-0.15, -0.1) is 0 Å². The number of halogens is 3. The van der Waals surface area contributed by atoms with Gasteiger partial charge in [-0.05, 0) is 54.4 Å². The molecule has 3 aromatic carbocycles. The average molecular weight is 519 g/mol. The molecule has 0 fully saturated rings. The highest BCUT2D eigenvalue weighted by molar-refractivity contribution is 5.93. The molecule has 1 atom stereocenters. The monoisotopic (exact) mass is 518 g/mol. The summed E-state index contributed by atoms with van der Waals surface area (Å²) in [6.07, 6.45) is -0.904. The molecule has 0 aliphatic heterocycles. The maximum Gasteiger partial charge on any atom is 0.256 e. The molecule has 2 heterocycles. The van der Waals surface area contributed by atoms with Crippen LogP contribution in [-0.2, 0) is 0 Å². The van der Waals surface area contributed by atoms with Gasteiger partial charge in [0.1, 0.15) is 23.1 Å². The van der Waals surface area contributed by atoms with E-state index < -0.39 is 34.8 Å². The molecule has 0 unspecified atom stereocenters. The van der Waals surface area contributed by atoms with E-state index in [1.54, 1.807) is 31.2 Å². The second kappa shape index (κ2) is 10.9. The number of nitrogens with one attached hydrogen (secondary N) is 1. The third-order valence-electron chi connectivity index (χ3n) is 5.99. The third kappa shape index (κ3) is 5.01. The Morgan fingerprint density at radius 1 is 0.921 bits per heavy atom. The predicted molar refractivity (Wildman–Crippen MR) is 142 cm³/mol. The van der Waals surface area contributed by atoms with Crippen LogP contribution in [0.2, 0.25) is 0 Å². The van der Waals surface area contributed by atoms with E-state index in [-0.39, 0.29) is 25.6 Å². The first-order chi connectivity index (χ1) is 17.8. The van der Waals surface area contributed by atoms with Crippen molar-refractivity contribution < 1.29 is 18.3 Å². The van der Waals surface area contributed by atoms with Crippen LogP contribution >= 0.6 is 0 Å². The minimum atomic E-state index is -0.943. The van der Waals surface area contributed by atoms with Crippen molar-refractivity contribution in [3.63, 3.8) is 0 Å². The fourth-order valence-electron chi connectivity index (χ4n) is 4.19. The number of aliphatic hydroxyl groups is 1. The molecule has 5 rings (SSSR count). The van der Waals surface area contributed by atoms with Crippen molar-refractivity contribution in [3.05, 3.63) is 118 Å². The number of para-hydroxylation sites is 1. The second-order valence-corrected chi connectivity index (χ2v) is 8.48. The number of hydrogen-bond donors (Lipinski definition) is 2. The standard InChI is InChI=1S/C28H21F3N4O2.CH4/c1-16-14-18(29)10-11-19(16)25-20-12-13-24(37)35(26-21(30)8-5-9-22(26)31)27(20)34-28(33-25)32-15-23(36)17-6-3-2-4-7-17;/h2-14,23,36H,15H2,1H3,(H,32,33,34);1H4/t23-;/m0./s1. The molecule has 6 nitrogen and oxygen atoms in total. The van der Waals surface area contributed by atoms with Crippen LogP contribution in [0.15, 0.2) is 83.7 Å². The summed E-state index contributed by atoms with van der Waals surface area (Å²) >= 11 is 0. The van der Waals surface area contributed by atoms with Crippen molar-refractivity contribution in [2.24, 2.45) is 0 Å². The van der Waals surface area contributed by atoms with Crippen LogP contribution < -0.4 is 10.9 Å². The number of anilines is 1. The number of pyridine rings is 1. The molecule has 38 heavy (non-hydrogen) atoms. The molecule has 5 aromatic rings. The minimum absolute atomic E-state index is 0. The Hall–Kier alpha value is -4.50. The van der Waals surface area contributed by atoms with Crippen LogP contribution in [-0.4, -0.2) is 26.2 Å². The van der Waals surface area contributed by atoms with Gasteiger partial charge in [0.15, 0.2) is 5.65 Å². The van der Waals surface area contributed by atoms with Crippen LogP contribution in [0.1, 0.15) is 24.7 Å². The zero-order chi connectivity index (χ0) is 26.1. The molecule has 2 N–H and O–H groups in total.